The molecule has 4 nitrogen and oxygen atoms in total. The van der Waals surface area contributed by atoms with Crippen molar-refractivity contribution in [1.82, 2.24) is 4.90 Å². The highest BCUT2D eigenvalue weighted by Crippen LogP contribution is 2.26. The number of carbonyl (C=O) groups excluding carboxylic acids is 1. The van der Waals surface area contributed by atoms with E-state index in [1.807, 2.05) is 20.8 Å². The van der Waals surface area contributed by atoms with E-state index in [1.54, 1.807) is 11.0 Å². The number of amides is 1. The normalized spacial score (nSPS) is 25.6. The third kappa shape index (κ3) is 3.52. The summed E-state index contributed by atoms with van der Waals surface area (Å²) in [5.74, 6) is 0. The van der Waals surface area contributed by atoms with Crippen molar-refractivity contribution in [2.45, 2.75) is 44.8 Å². The van der Waals surface area contributed by atoms with Crippen LogP contribution in [0.25, 0.3) is 0 Å². The molecule has 1 amide bonds. The lowest BCUT2D eigenvalue weighted by Gasteiger charge is -2.25. The van der Waals surface area contributed by atoms with E-state index >= 15 is 0 Å². The predicted molar refractivity (Wildman–Crippen MR) is 62.2 cm³/mol. The Morgan fingerprint density at radius 3 is 2.75 bits per heavy atom. The van der Waals surface area contributed by atoms with Gasteiger partial charge < -0.3 is 14.7 Å². The first-order valence-corrected chi connectivity index (χ1v) is 5.57. The van der Waals surface area contributed by atoms with Crippen molar-refractivity contribution in [2.75, 3.05) is 13.1 Å². The van der Waals surface area contributed by atoms with Gasteiger partial charge in [0.25, 0.3) is 0 Å². The van der Waals surface area contributed by atoms with Crippen molar-refractivity contribution in [3.05, 3.63) is 12.7 Å². The zero-order valence-corrected chi connectivity index (χ0v) is 10.3. The summed E-state index contributed by atoms with van der Waals surface area (Å²) in [6.45, 7) is 9.96. The highest BCUT2D eigenvalue weighted by Gasteiger charge is 2.38. The lowest BCUT2D eigenvalue weighted by molar-refractivity contribution is 0.0160. The molecular weight excluding hydrogens is 206 g/mol. The predicted octanol–water partition coefficient (Wildman–Crippen LogP) is 1.93. The molecule has 16 heavy (non-hydrogen) atoms. The fourth-order valence-electron chi connectivity index (χ4n) is 1.77. The van der Waals surface area contributed by atoms with Gasteiger partial charge in [0, 0.05) is 6.54 Å². The largest absolute Gasteiger partial charge is 0.444 e. The van der Waals surface area contributed by atoms with Crippen LogP contribution >= 0.6 is 0 Å². The molecule has 0 spiro atoms. The minimum Gasteiger partial charge on any atom is -0.444 e. The van der Waals surface area contributed by atoms with Gasteiger partial charge in [-0.15, -0.1) is 6.58 Å². The molecule has 1 aliphatic rings. The number of ether oxygens (including phenoxy) is 1. The fourth-order valence-corrected chi connectivity index (χ4v) is 1.77. The minimum absolute atomic E-state index is 0.327. The summed E-state index contributed by atoms with van der Waals surface area (Å²) in [6.07, 6.45) is 2.41. The second-order valence-electron chi connectivity index (χ2n) is 5.37. The first kappa shape index (κ1) is 13.0. The number of aliphatic hydroxyl groups is 1. The minimum atomic E-state index is -0.821. The van der Waals surface area contributed by atoms with Gasteiger partial charge in [0.1, 0.15) is 5.60 Å². The molecule has 0 aromatic rings. The molecular formula is C12H21NO3. The van der Waals surface area contributed by atoms with E-state index in [0.717, 1.165) is 0 Å². The van der Waals surface area contributed by atoms with Crippen LogP contribution < -0.4 is 0 Å². The van der Waals surface area contributed by atoms with E-state index in [4.69, 9.17) is 4.74 Å². The zero-order chi connectivity index (χ0) is 12.4. The second kappa shape index (κ2) is 4.45. The highest BCUT2D eigenvalue weighted by molar-refractivity contribution is 5.68. The molecule has 0 aliphatic carbocycles. The molecule has 1 fully saturated rings. The molecule has 1 N–H and O–H groups in total. The van der Waals surface area contributed by atoms with Crippen LogP contribution in [0.2, 0.25) is 0 Å². The van der Waals surface area contributed by atoms with Crippen LogP contribution in [-0.4, -0.2) is 40.4 Å². The van der Waals surface area contributed by atoms with E-state index < -0.39 is 11.2 Å². The van der Waals surface area contributed by atoms with Crippen LogP contribution in [0.3, 0.4) is 0 Å². The van der Waals surface area contributed by atoms with Crippen molar-refractivity contribution >= 4 is 6.09 Å². The molecule has 1 rings (SSSR count). The van der Waals surface area contributed by atoms with Gasteiger partial charge in [-0.3, -0.25) is 0 Å². The quantitative estimate of drug-likeness (QED) is 0.733. The molecule has 0 bridgehead atoms. The third-order valence-electron chi connectivity index (χ3n) is 2.51. The van der Waals surface area contributed by atoms with E-state index in [9.17, 15) is 9.90 Å². The van der Waals surface area contributed by atoms with Crippen LogP contribution in [0, 0.1) is 0 Å². The number of likely N-dealkylation sites (tertiary alicyclic amines) is 1. The molecule has 1 unspecified atom stereocenters. The Labute approximate surface area is 96.9 Å². The number of β-amino-alcohol motifs (C(OH)–C–C–N with tert-alkyl or cyclic N) is 1. The van der Waals surface area contributed by atoms with Gasteiger partial charge >= 0.3 is 6.09 Å². The van der Waals surface area contributed by atoms with Gasteiger partial charge in [-0.25, -0.2) is 4.79 Å². The summed E-state index contributed by atoms with van der Waals surface area (Å²) in [6, 6.07) is 0. The Kier molecular flexibility index (Phi) is 3.63. The highest BCUT2D eigenvalue weighted by atomic mass is 16.6. The summed E-state index contributed by atoms with van der Waals surface area (Å²) in [5.41, 5.74) is -1.31. The lowest BCUT2D eigenvalue weighted by Crippen LogP contribution is -2.38. The molecule has 1 saturated heterocycles. The topological polar surface area (TPSA) is 49.8 Å². The summed E-state index contributed by atoms with van der Waals surface area (Å²) in [4.78, 5) is 13.3. The van der Waals surface area contributed by atoms with Crippen LogP contribution in [0.15, 0.2) is 12.7 Å². The Bertz CT molecular complexity index is 282. The number of rotatable bonds is 2. The average molecular weight is 227 g/mol. The standard InChI is InChI=1S/C12H21NO3/c1-5-6-12(15)7-8-13(9-12)10(14)16-11(2,3)4/h5,15H,1,6-9H2,2-4H3. The Morgan fingerprint density at radius 2 is 2.25 bits per heavy atom. The number of hydrogen-bond donors (Lipinski definition) is 1. The van der Waals surface area contributed by atoms with Crippen LogP contribution in [0.4, 0.5) is 4.79 Å². The molecule has 4 heteroatoms. The van der Waals surface area contributed by atoms with Gasteiger partial charge in [0.15, 0.2) is 0 Å². The monoisotopic (exact) mass is 227 g/mol. The molecule has 1 atom stereocenters. The van der Waals surface area contributed by atoms with Crippen molar-refractivity contribution in [1.29, 1.82) is 0 Å². The molecule has 0 radical (unpaired) electrons. The SMILES string of the molecule is C=CCC1(O)CCN(C(=O)OC(C)(C)C)C1. The molecule has 1 heterocycles. The summed E-state index contributed by atoms with van der Waals surface area (Å²) in [7, 11) is 0. The van der Waals surface area contributed by atoms with E-state index in [0.29, 0.717) is 25.9 Å². The van der Waals surface area contributed by atoms with Crippen molar-refractivity contribution in [3.8, 4) is 0 Å². The van der Waals surface area contributed by atoms with Crippen molar-refractivity contribution in [3.63, 3.8) is 0 Å². The fraction of sp³-hybridized carbons (Fsp3) is 0.750. The lowest BCUT2D eigenvalue weighted by atomic mass is 9.99. The van der Waals surface area contributed by atoms with Crippen LogP contribution in [0.1, 0.15) is 33.6 Å². The molecule has 92 valence electrons. The Balaban J connectivity index is 2.53. The van der Waals surface area contributed by atoms with Crippen LogP contribution in [0.5, 0.6) is 0 Å². The number of carbonyl (C=O) groups is 1. The van der Waals surface area contributed by atoms with E-state index in [-0.39, 0.29) is 6.09 Å². The smallest absolute Gasteiger partial charge is 0.410 e. The van der Waals surface area contributed by atoms with Gasteiger partial charge in [-0.05, 0) is 33.6 Å². The maximum absolute atomic E-state index is 11.7. The Hall–Kier alpha value is -1.03. The molecule has 0 aromatic carbocycles. The summed E-state index contributed by atoms with van der Waals surface area (Å²) >= 11 is 0. The van der Waals surface area contributed by atoms with Gasteiger partial charge in [0.2, 0.25) is 0 Å². The molecule has 0 aromatic heterocycles. The van der Waals surface area contributed by atoms with Gasteiger partial charge in [-0.2, -0.15) is 0 Å². The number of hydrogen-bond acceptors (Lipinski definition) is 3. The summed E-state index contributed by atoms with van der Waals surface area (Å²) < 4.78 is 5.24. The number of nitrogens with zero attached hydrogens (tertiary/aromatic N) is 1. The third-order valence-corrected chi connectivity index (χ3v) is 2.51. The maximum atomic E-state index is 11.7. The van der Waals surface area contributed by atoms with Crippen molar-refractivity contribution in [2.24, 2.45) is 0 Å². The molecule has 1 aliphatic heterocycles. The van der Waals surface area contributed by atoms with Crippen LogP contribution in [-0.2, 0) is 4.74 Å². The van der Waals surface area contributed by atoms with Gasteiger partial charge in [-0.1, -0.05) is 6.08 Å². The first-order chi connectivity index (χ1) is 7.26. The Morgan fingerprint density at radius 1 is 1.62 bits per heavy atom. The zero-order valence-electron chi connectivity index (χ0n) is 10.3. The second-order valence-corrected chi connectivity index (χ2v) is 5.37. The maximum Gasteiger partial charge on any atom is 0.410 e. The summed E-state index contributed by atoms with van der Waals surface area (Å²) in [5, 5.41) is 10.1. The average Bonchev–Trinajstić information content (AvgIpc) is 2.45. The molecule has 0 saturated carbocycles. The van der Waals surface area contributed by atoms with E-state index in [1.165, 1.54) is 0 Å². The first-order valence-electron chi connectivity index (χ1n) is 5.57. The van der Waals surface area contributed by atoms with E-state index in [2.05, 4.69) is 6.58 Å². The van der Waals surface area contributed by atoms with Crippen molar-refractivity contribution < 1.29 is 14.6 Å². The van der Waals surface area contributed by atoms with Gasteiger partial charge in [0.05, 0.1) is 12.1 Å².